The number of para-hydroxylation sites is 1. The molecular weight excluding hydrogens is 314 g/mol. The van der Waals surface area contributed by atoms with Crippen LogP contribution >= 0.6 is 15.9 Å². The molecule has 0 bridgehead atoms. The summed E-state index contributed by atoms with van der Waals surface area (Å²) in [4.78, 5) is 0. The van der Waals surface area contributed by atoms with Crippen LogP contribution in [0.5, 0.6) is 0 Å². The molecule has 0 aromatic heterocycles. The van der Waals surface area contributed by atoms with Crippen molar-refractivity contribution < 1.29 is 4.74 Å². The molecular formula is C17H18BrNO. The molecule has 1 aliphatic rings. The van der Waals surface area contributed by atoms with Crippen LogP contribution < -0.4 is 5.32 Å². The van der Waals surface area contributed by atoms with Gasteiger partial charge >= 0.3 is 0 Å². The number of halogens is 1. The van der Waals surface area contributed by atoms with Gasteiger partial charge in [0.1, 0.15) is 0 Å². The van der Waals surface area contributed by atoms with Crippen molar-refractivity contribution >= 4 is 21.6 Å². The molecule has 2 nitrogen and oxygen atoms in total. The predicted molar refractivity (Wildman–Crippen MR) is 86.0 cm³/mol. The van der Waals surface area contributed by atoms with Crippen molar-refractivity contribution in [2.24, 2.45) is 0 Å². The van der Waals surface area contributed by atoms with Crippen LogP contribution in [0.15, 0.2) is 46.9 Å². The summed E-state index contributed by atoms with van der Waals surface area (Å²) in [6.07, 6.45) is 2.26. The maximum Gasteiger partial charge on any atom is 0.0733 e. The Morgan fingerprint density at radius 2 is 2.05 bits per heavy atom. The fraction of sp³-hybridized carbons (Fsp3) is 0.294. The quantitative estimate of drug-likeness (QED) is 0.877. The Morgan fingerprint density at radius 1 is 1.20 bits per heavy atom. The lowest BCUT2D eigenvalue weighted by Gasteiger charge is -2.18. The molecule has 0 aliphatic heterocycles. The lowest BCUT2D eigenvalue weighted by atomic mass is 10.1. The summed E-state index contributed by atoms with van der Waals surface area (Å²) < 4.78 is 6.50. The van der Waals surface area contributed by atoms with Crippen molar-refractivity contribution in [2.75, 3.05) is 12.4 Å². The van der Waals surface area contributed by atoms with Gasteiger partial charge in [-0.15, -0.1) is 0 Å². The standard InChI is InChI=1S/C17H18BrNO/c1-20-11-12-5-2-3-8-16(12)19-17-10-9-13-14(17)6-4-7-15(13)18/h2-8,17,19H,9-11H2,1H3. The third-order valence-electron chi connectivity index (χ3n) is 3.86. The van der Waals surface area contributed by atoms with Crippen molar-refractivity contribution in [2.45, 2.75) is 25.5 Å². The first-order valence-corrected chi connectivity index (χ1v) is 7.69. The number of nitrogens with one attached hydrogen (secondary N) is 1. The van der Waals surface area contributed by atoms with Crippen molar-refractivity contribution in [3.05, 3.63) is 63.6 Å². The van der Waals surface area contributed by atoms with Crippen molar-refractivity contribution in [3.63, 3.8) is 0 Å². The smallest absolute Gasteiger partial charge is 0.0733 e. The van der Waals surface area contributed by atoms with Gasteiger partial charge in [0.05, 0.1) is 12.6 Å². The van der Waals surface area contributed by atoms with Crippen LogP contribution in [0.4, 0.5) is 5.69 Å². The maximum atomic E-state index is 5.27. The van der Waals surface area contributed by atoms with E-state index < -0.39 is 0 Å². The summed E-state index contributed by atoms with van der Waals surface area (Å²) in [6, 6.07) is 15.2. The molecule has 104 valence electrons. The highest BCUT2D eigenvalue weighted by atomic mass is 79.9. The Labute approximate surface area is 128 Å². The average molecular weight is 332 g/mol. The number of ether oxygens (including phenoxy) is 1. The van der Waals surface area contributed by atoms with E-state index in [2.05, 4.69) is 63.7 Å². The molecule has 1 atom stereocenters. The number of hydrogen-bond donors (Lipinski definition) is 1. The zero-order valence-corrected chi connectivity index (χ0v) is 13.1. The Kier molecular flexibility index (Phi) is 4.08. The summed E-state index contributed by atoms with van der Waals surface area (Å²) in [5.41, 5.74) is 5.23. The molecule has 3 rings (SSSR count). The Balaban J connectivity index is 1.86. The number of hydrogen-bond acceptors (Lipinski definition) is 2. The van der Waals surface area contributed by atoms with E-state index in [1.165, 1.54) is 26.9 Å². The lowest BCUT2D eigenvalue weighted by molar-refractivity contribution is 0.185. The largest absolute Gasteiger partial charge is 0.380 e. The van der Waals surface area contributed by atoms with Gasteiger partial charge in [0, 0.05) is 22.8 Å². The molecule has 0 saturated heterocycles. The summed E-state index contributed by atoms with van der Waals surface area (Å²) in [5.74, 6) is 0. The molecule has 0 spiro atoms. The molecule has 1 aliphatic carbocycles. The molecule has 3 heteroatoms. The number of benzene rings is 2. The SMILES string of the molecule is COCc1ccccc1NC1CCc2c(Br)cccc21. The van der Waals surface area contributed by atoms with Gasteiger partial charge in [-0.05, 0) is 36.1 Å². The molecule has 20 heavy (non-hydrogen) atoms. The van der Waals surface area contributed by atoms with E-state index in [0.717, 1.165) is 12.8 Å². The number of methoxy groups -OCH3 is 1. The monoisotopic (exact) mass is 331 g/mol. The number of fused-ring (bicyclic) bond motifs is 1. The minimum Gasteiger partial charge on any atom is -0.380 e. The lowest BCUT2D eigenvalue weighted by Crippen LogP contribution is -2.09. The van der Waals surface area contributed by atoms with Crippen molar-refractivity contribution in [1.29, 1.82) is 0 Å². The van der Waals surface area contributed by atoms with Crippen LogP contribution in [0.25, 0.3) is 0 Å². The third kappa shape index (κ3) is 2.60. The van der Waals surface area contributed by atoms with Gasteiger partial charge < -0.3 is 10.1 Å². The highest BCUT2D eigenvalue weighted by molar-refractivity contribution is 9.10. The van der Waals surface area contributed by atoms with Crippen LogP contribution in [0.1, 0.15) is 29.2 Å². The first-order chi connectivity index (χ1) is 9.79. The van der Waals surface area contributed by atoms with Crippen LogP contribution in [0.2, 0.25) is 0 Å². The van der Waals surface area contributed by atoms with Crippen LogP contribution in [-0.2, 0) is 17.8 Å². The fourth-order valence-electron chi connectivity index (χ4n) is 2.89. The molecule has 0 saturated carbocycles. The molecule has 0 radical (unpaired) electrons. The van der Waals surface area contributed by atoms with Crippen molar-refractivity contribution in [3.8, 4) is 0 Å². The Morgan fingerprint density at radius 3 is 2.90 bits per heavy atom. The van der Waals surface area contributed by atoms with Crippen LogP contribution in [0.3, 0.4) is 0 Å². The summed E-state index contributed by atoms with van der Waals surface area (Å²) in [6.45, 7) is 0.640. The van der Waals surface area contributed by atoms with E-state index in [-0.39, 0.29) is 0 Å². The molecule has 1 N–H and O–H groups in total. The summed E-state index contributed by atoms with van der Waals surface area (Å²) in [7, 11) is 1.73. The van der Waals surface area contributed by atoms with E-state index in [1.54, 1.807) is 7.11 Å². The summed E-state index contributed by atoms with van der Waals surface area (Å²) in [5, 5.41) is 3.68. The van der Waals surface area contributed by atoms with Gasteiger partial charge in [-0.25, -0.2) is 0 Å². The molecule has 0 amide bonds. The Hall–Kier alpha value is -1.32. The highest BCUT2D eigenvalue weighted by Crippen LogP contribution is 2.38. The number of anilines is 1. The Bertz CT molecular complexity index is 612. The van der Waals surface area contributed by atoms with Crippen LogP contribution in [0, 0.1) is 0 Å². The molecule has 0 fully saturated rings. The number of rotatable bonds is 4. The van der Waals surface area contributed by atoms with Gasteiger partial charge in [-0.3, -0.25) is 0 Å². The van der Waals surface area contributed by atoms with Gasteiger partial charge in [-0.2, -0.15) is 0 Å². The zero-order valence-electron chi connectivity index (χ0n) is 11.5. The van der Waals surface area contributed by atoms with Crippen molar-refractivity contribution in [1.82, 2.24) is 0 Å². The van der Waals surface area contributed by atoms with E-state index in [4.69, 9.17) is 4.74 Å². The molecule has 0 heterocycles. The first-order valence-electron chi connectivity index (χ1n) is 6.90. The second kappa shape index (κ2) is 5.98. The second-order valence-electron chi connectivity index (χ2n) is 5.13. The minimum atomic E-state index is 0.389. The predicted octanol–water partition coefficient (Wildman–Crippen LogP) is 4.69. The van der Waals surface area contributed by atoms with Gasteiger partial charge in [0.2, 0.25) is 0 Å². The summed E-state index contributed by atoms with van der Waals surface area (Å²) >= 11 is 3.65. The van der Waals surface area contributed by atoms with E-state index >= 15 is 0 Å². The van der Waals surface area contributed by atoms with E-state index in [9.17, 15) is 0 Å². The van der Waals surface area contributed by atoms with E-state index in [1.807, 2.05) is 0 Å². The third-order valence-corrected chi connectivity index (χ3v) is 4.60. The highest BCUT2D eigenvalue weighted by Gasteiger charge is 2.24. The molecule has 2 aromatic rings. The van der Waals surface area contributed by atoms with Gasteiger partial charge in [-0.1, -0.05) is 46.3 Å². The normalized spacial score (nSPS) is 17.0. The molecule has 2 aromatic carbocycles. The minimum absolute atomic E-state index is 0.389. The van der Waals surface area contributed by atoms with E-state index in [0.29, 0.717) is 12.6 Å². The topological polar surface area (TPSA) is 21.3 Å². The zero-order chi connectivity index (χ0) is 13.9. The average Bonchev–Trinajstić information content (AvgIpc) is 2.86. The van der Waals surface area contributed by atoms with Gasteiger partial charge in [0.25, 0.3) is 0 Å². The first kappa shape index (κ1) is 13.7. The van der Waals surface area contributed by atoms with Gasteiger partial charge in [0.15, 0.2) is 0 Å². The maximum absolute atomic E-state index is 5.27. The van der Waals surface area contributed by atoms with Crippen LogP contribution in [-0.4, -0.2) is 7.11 Å². The fourth-order valence-corrected chi connectivity index (χ4v) is 3.47. The second-order valence-corrected chi connectivity index (χ2v) is 5.99. The molecule has 1 unspecified atom stereocenters.